The average molecular weight is 460 g/mol. The lowest BCUT2D eigenvalue weighted by Crippen LogP contribution is -2.21. The highest BCUT2D eigenvalue weighted by Crippen LogP contribution is 2.23. The fourth-order valence-corrected chi connectivity index (χ4v) is 3.31. The smallest absolute Gasteiger partial charge is 0.339 e. The Morgan fingerprint density at radius 3 is 2.48 bits per heavy atom. The van der Waals surface area contributed by atoms with Gasteiger partial charge in [0.2, 0.25) is 0 Å². The lowest BCUT2D eigenvalue weighted by Gasteiger charge is -2.09. The number of hydrogen-bond donors (Lipinski definition) is 1. The zero-order chi connectivity index (χ0) is 21.1. The van der Waals surface area contributed by atoms with Crippen LogP contribution in [0.5, 0.6) is 0 Å². The number of hydrogen-bond acceptors (Lipinski definition) is 4. The van der Waals surface area contributed by atoms with Crippen molar-refractivity contribution in [2.45, 2.75) is 20.8 Å². The number of nitrogens with zero attached hydrogens (tertiary/aromatic N) is 2. The second-order valence-electron chi connectivity index (χ2n) is 6.54. The monoisotopic (exact) mass is 459 g/mol. The van der Waals surface area contributed by atoms with Crippen LogP contribution < -0.4 is 5.32 Å². The maximum Gasteiger partial charge on any atom is 0.339 e. The van der Waals surface area contributed by atoms with E-state index in [4.69, 9.17) is 4.74 Å². The minimum Gasteiger partial charge on any atom is -0.452 e. The molecule has 0 aliphatic carbocycles. The first kappa shape index (κ1) is 20.7. The van der Waals surface area contributed by atoms with Gasteiger partial charge in [-0.15, -0.1) is 0 Å². The molecule has 0 spiro atoms. The molecule has 6 nitrogen and oxygen atoms in total. The van der Waals surface area contributed by atoms with Gasteiger partial charge < -0.3 is 10.1 Å². The Morgan fingerprint density at radius 2 is 1.83 bits per heavy atom. The number of aryl methyl sites for hydroxylation is 2. The highest BCUT2D eigenvalue weighted by molar-refractivity contribution is 9.10. The highest BCUT2D eigenvalue weighted by Gasteiger charge is 2.18. The molecule has 3 aromatic rings. The van der Waals surface area contributed by atoms with Gasteiger partial charge in [0, 0.05) is 4.47 Å². The molecule has 29 heavy (non-hydrogen) atoms. The molecule has 1 aromatic heterocycles. The second-order valence-corrected chi connectivity index (χ2v) is 7.40. The zero-order valence-corrected chi connectivity index (χ0v) is 17.7. The molecule has 0 unspecified atom stereocenters. The summed E-state index contributed by atoms with van der Waals surface area (Å²) in [4.78, 5) is 24.4. The predicted octanol–water partition coefficient (Wildman–Crippen LogP) is 4.49. The molecule has 0 atom stereocenters. The Morgan fingerprint density at radius 1 is 1.14 bits per heavy atom. The van der Waals surface area contributed by atoms with E-state index in [2.05, 4.69) is 26.3 Å². The third kappa shape index (κ3) is 4.71. The largest absolute Gasteiger partial charge is 0.452 e. The van der Waals surface area contributed by atoms with Crippen molar-refractivity contribution >= 4 is 33.5 Å². The van der Waals surface area contributed by atoms with Crippen LogP contribution in [-0.2, 0) is 9.53 Å². The number of aromatic nitrogens is 2. The summed E-state index contributed by atoms with van der Waals surface area (Å²) in [7, 11) is 0. The van der Waals surface area contributed by atoms with E-state index in [1.165, 1.54) is 6.07 Å². The van der Waals surface area contributed by atoms with Crippen LogP contribution in [0.1, 0.15) is 27.3 Å². The molecule has 0 saturated carbocycles. The van der Waals surface area contributed by atoms with Crippen LogP contribution in [0.4, 0.5) is 10.1 Å². The van der Waals surface area contributed by atoms with E-state index in [-0.39, 0.29) is 10.0 Å². The molecule has 0 fully saturated rings. The van der Waals surface area contributed by atoms with Crippen LogP contribution in [0.15, 0.2) is 46.9 Å². The van der Waals surface area contributed by atoms with Crippen LogP contribution in [0.2, 0.25) is 0 Å². The molecule has 3 rings (SSSR count). The van der Waals surface area contributed by atoms with Crippen LogP contribution in [0, 0.1) is 26.6 Å². The number of ether oxygens (including phenoxy) is 1. The van der Waals surface area contributed by atoms with Crippen molar-refractivity contribution in [3.05, 3.63) is 75.3 Å². The first-order chi connectivity index (χ1) is 13.8. The summed E-state index contributed by atoms with van der Waals surface area (Å²) in [6.45, 7) is 5.16. The molecule has 1 N–H and O–H groups in total. The van der Waals surface area contributed by atoms with E-state index in [0.29, 0.717) is 11.4 Å². The quantitative estimate of drug-likeness (QED) is 0.570. The Hall–Kier alpha value is -3.00. The van der Waals surface area contributed by atoms with Gasteiger partial charge in [-0.25, -0.2) is 13.9 Å². The van der Waals surface area contributed by atoms with Gasteiger partial charge in [0.1, 0.15) is 5.82 Å². The molecule has 0 aliphatic rings. The van der Waals surface area contributed by atoms with E-state index in [1.807, 2.05) is 38.1 Å². The molecule has 8 heteroatoms. The topological polar surface area (TPSA) is 73.2 Å². The lowest BCUT2D eigenvalue weighted by molar-refractivity contribution is -0.119. The van der Waals surface area contributed by atoms with Gasteiger partial charge in [-0.1, -0.05) is 17.7 Å². The fourth-order valence-electron chi connectivity index (χ4n) is 2.80. The number of nitrogens with one attached hydrogen (secondary N) is 1. The van der Waals surface area contributed by atoms with Crippen molar-refractivity contribution in [2.75, 3.05) is 11.9 Å². The number of carbonyl (C=O) groups excluding carboxylic acids is 2. The summed E-state index contributed by atoms with van der Waals surface area (Å²) >= 11 is 3.10. The minimum atomic E-state index is -0.726. The number of esters is 1. The van der Waals surface area contributed by atoms with Crippen LogP contribution in [0.25, 0.3) is 5.69 Å². The third-order valence-corrected chi connectivity index (χ3v) is 4.98. The normalized spacial score (nSPS) is 10.7. The summed E-state index contributed by atoms with van der Waals surface area (Å²) in [5.41, 5.74) is 4.12. The highest BCUT2D eigenvalue weighted by atomic mass is 79.9. The van der Waals surface area contributed by atoms with Gasteiger partial charge >= 0.3 is 5.97 Å². The second kappa shape index (κ2) is 8.57. The molecular formula is C21H19BrFN3O3. The Labute approximate surface area is 175 Å². The predicted molar refractivity (Wildman–Crippen MR) is 111 cm³/mol. The van der Waals surface area contributed by atoms with Crippen molar-refractivity contribution in [2.24, 2.45) is 0 Å². The van der Waals surface area contributed by atoms with E-state index < -0.39 is 24.3 Å². The Bertz CT molecular complexity index is 1080. The summed E-state index contributed by atoms with van der Waals surface area (Å²) in [5.74, 6) is -1.70. The standard InChI is InChI=1S/C21H19BrFN3O3/c1-12-4-7-16(8-5-12)26-14(3)20(13(2)25-26)24-19(27)11-29-21(28)17-9-6-15(23)10-18(17)22/h4-10H,11H2,1-3H3,(H,24,27). The third-order valence-electron chi connectivity index (χ3n) is 4.32. The average Bonchev–Trinajstić information content (AvgIpc) is 2.95. The SMILES string of the molecule is Cc1ccc(-n2nc(C)c(NC(=O)COC(=O)c3ccc(F)cc3Br)c2C)cc1. The van der Waals surface area contributed by atoms with Crippen molar-refractivity contribution in [1.82, 2.24) is 9.78 Å². The molecule has 0 radical (unpaired) electrons. The number of benzene rings is 2. The fraction of sp³-hybridized carbons (Fsp3) is 0.190. The van der Waals surface area contributed by atoms with E-state index in [0.717, 1.165) is 29.1 Å². The summed E-state index contributed by atoms with van der Waals surface area (Å²) in [5, 5.41) is 7.22. The van der Waals surface area contributed by atoms with Gasteiger partial charge in [-0.3, -0.25) is 4.79 Å². The first-order valence-electron chi connectivity index (χ1n) is 8.81. The van der Waals surface area contributed by atoms with Gasteiger partial charge in [-0.05, 0) is 67.0 Å². The minimum absolute atomic E-state index is 0.138. The number of halogens is 2. The van der Waals surface area contributed by atoms with Gasteiger partial charge in [0.15, 0.2) is 6.61 Å². The number of anilines is 1. The number of rotatable bonds is 5. The van der Waals surface area contributed by atoms with Gasteiger partial charge in [-0.2, -0.15) is 5.10 Å². The molecule has 150 valence electrons. The van der Waals surface area contributed by atoms with Crippen molar-refractivity contribution < 1.29 is 18.7 Å². The van der Waals surface area contributed by atoms with Gasteiger partial charge in [0.05, 0.1) is 28.3 Å². The summed E-state index contributed by atoms with van der Waals surface area (Å²) in [6.07, 6.45) is 0. The van der Waals surface area contributed by atoms with Crippen molar-refractivity contribution in [1.29, 1.82) is 0 Å². The number of carbonyl (C=O) groups is 2. The van der Waals surface area contributed by atoms with E-state index >= 15 is 0 Å². The Balaban J connectivity index is 1.68. The first-order valence-corrected chi connectivity index (χ1v) is 9.61. The summed E-state index contributed by atoms with van der Waals surface area (Å²) < 4.78 is 20.2. The van der Waals surface area contributed by atoms with Crippen molar-refractivity contribution in [3.63, 3.8) is 0 Å². The molecule has 0 saturated heterocycles. The number of amides is 1. The molecule has 1 heterocycles. The molecule has 0 aliphatic heterocycles. The molecule has 0 bridgehead atoms. The maximum atomic E-state index is 13.1. The zero-order valence-electron chi connectivity index (χ0n) is 16.1. The van der Waals surface area contributed by atoms with E-state index in [9.17, 15) is 14.0 Å². The van der Waals surface area contributed by atoms with Crippen LogP contribution >= 0.6 is 15.9 Å². The maximum absolute atomic E-state index is 13.1. The molecule has 2 aromatic carbocycles. The molecular weight excluding hydrogens is 441 g/mol. The van der Waals surface area contributed by atoms with Crippen LogP contribution in [-0.4, -0.2) is 28.3 Å². The van der Waals surface area contributed by atoms with Crippen LogP contribution in [0.3, 0.4) is 0 Å². The van der Waals surface area contributed by atoms with Crippen molar-refractivity contribution in [3.8, 4) is 5.69 Å². The molecule has 1 amide bonds. The van der Waals surface area contributed by atoms with E-state index in [1.54, 1.807) is 11.6 Å². The lowest BCUT2D eigenvalue weighted by atomic mass is 10.2. The van der Waals surface area contributed by atoms with Gasteiger partial charge in [0.25, 0.3) is 5.91 Å². The summed E-state index contributed by atoms with van der Waals surface area (Å²) in [6, 6.07) is 11.5. The Kier molecular flexibility index (Phi) is 6.12.